The number of carbonyl (C=O) groups excluding carboxylic acids is 1. The van der Waals surface area contributed by atoms with Crippen LogP contribution in [-0.2, 0) is 0 Å². The number of aromatic nitrogens is 3. The smallest absolute Gasteiger partial charge is 0.308 e. The third-order valence-corrected chi connectivity index (χ3v) is 5.10. The molecule has 0 aliphatic rings. The number of nitriles is 1. The number of nitrogens with zero attached hydrogens (tertiary/aromatic N) is 4. The molecule has 4 rings (SSSR count). The number of hydrogen-bond donors (Lipinski definition) is 2. The van der Waals surface area contributed by atoms with Crippen LogP contribution in [0.5, 0.6) is 0 Å². The molecule has 0 spiro atoms. The van der Waals surface area contributed by atoms with E-state index in [1.807, 2.05) is 26.8 Å². The van der Waals surface area contributed by atoms with E-state index < -0.39 is 6.03 Å². The lowest BCUT2D eigenvalue weighted by atomic mass is 10.0. The molecule has 8 heteroatoms. The molecule has 0 bridgehead atoms. The Balaban J connectivity index is 1.73. The first-order valence-corrected chi connectivity index (χ1v) is 9.94. The molecule has 0 radical (unpaired) electrons. The van der Waals surface area contributed by atoms with Crippen LogP contribution >= 0.6 is 11.6 Å². The molecule has 154 valence electrons. The van der Waals surface area contributed by atoms with Crippen molar-refractivity contribution in [2.75, 3.05) is 10.6 Å². The first-order chi connectivity index (χ1) is 14.9. The summed E-state index contributed by atoms with van der Waals surface area (Å²) >= 11 is 5.97. The van der Waals surface area contributed by atoms with Gasteiger partial charge in [0.2, 0.25) is 0 Å². The number of anilines is 2. The first-order valence-electron chi connectivity index (χ1n) is 9.56. The number of aryl methyl sites for hydroxylation is 3. The molecule has 0 saturated carbocycles. The van der Waals surface area contributed by atoms with Gasteiger partial charge in [-0.1, -0.05) is 29.3 Å². The summed E-state index contributed by atoms with van der Waals surface area (Å²) in [6.45, 7) is 6.06. The molecule has 2 aromatic carbocycles. The number of urea groups is 1. The lowest BCUT2D eigenvalue weighted by Crippen LogP contribution is -2.22. The quantitative estimate of drug-likeness (QED) is 0.447. The number of halogens is 1. The lowest BCUT2D eigenvalue weighted by Gasteiger charge is -2.13. The van der Waals surface area contributed by atoms with Gasteiger partial charge >= 0.3 is 6.03 Å². The fourth-order valence-electron chi connectivity index (χ4n) is 3.50. The van der Waals surface area contributed by atoms with E-state index in [9.17, 15) is 10.1 Å². The average molecular weight is 431 g/mol. The average Bonchev–Trinajstić information content (AvgIpc) is 3.11. The zero-order valence-corrected chi connectivity index (χ0v) is 17.9. The second-order valence-electron chi connectivity index (χ2n) is 7.30. The Kier molecular flexibility index (Phi) is 5.32. The summed E-state index contributed by atoms with van der Waals surface area (Å²) in [5, 5.41) is 20.8. The maximum atomic E-state index is 12.6. The van der Waals surface area contributed by atoms with Crippen LogP contribution in [0.15, 0.2) is 48.7 Å². The van der Waals surface area contributed by atoms with Gasteiger partial charge in [0.15, 0.2) is 11.6 Å². The van der Waals surface area contributed by atoms with Crippen molar-refractivity contribution in [2.45, 2.75) is 20.8 Å². The van der Waals surface area contributed by atoms with Crippen LogP contribution in [0.2, 0.25) is 5.02 Å². The van der Waals surface area contributed by atoms with E-state index in [0.717, 1.165) is 27.6 Å². The molecule has 0 aliphatic carbocycles. The van der Waals surface area contributed by atoms with Crippen molar-refractivity contribution < 1.29 is 4.79 Å². The molecular weight excluding hydrogens is 412 g/mol. The van der Waals surface area contributed by atoms with Crippen LogP contribution < -0.4 is 10.6 Å². The van der Waals surface area contributed by atoms with Gasteiger partial charge < -0.3 is 5.32 Å². The summed E-state index contributed by atoms with van der Waals surface area (Å²) in [4.78, 5) is 17.3. The monoisotopic (exact) mass is 430 g/mol. The number of benzene rings is 2. The molecule has 4 aromatic rings. The van der Waals surface area contributed by atoms with E-state index in [4.69, 9.17) is 16.6 Å². The molecule has 0 atom stereocenters. The fraction of sp³-hybridized carbons (Fsp3) is 0.130. The topological polar surface area (TPSA) is 95.6 Å². The predicted molar refractivity (Wildman–Crippen MR) is 122 cm³/mol. The van der Waals surface area contributed by atoms with Gasteiger partial charge in [0.1, 0.15) is 11.6 Å². The van der Waals surface area contributed by atoms with Gasteiger partial charge in [0, 0.05) is 16.1 Å². The molecule has 0 unspecified atom stereocenters. The standard InChI is InChI=1S/C23H19ClN6O/c1-13-7-15(3)21-19(8-13)14(2)9-20(28-21)30-22(16(11-25)12-26-30)29-23(31)27-18-6-4-5-17(24)10-18/h4-10,12H,1-3H3,(H2,27,29,31). The Morgan fingerprint density at radius 2 is 1.90 bits per heavy atom. The van der Waals surface area contributed by atoms with Gasteiger partial charge in [-0.3, -0.25) is 5.32 Å². The van der Waals surface area contributed by atoms with Crippen LogP contribution in [0.4, 0.5) is 16.3 Å². The van der Waals surface area contributed by atoms with Gasteiger partial charge in [-0.25, -0.2) is 9.78 Å². The highest BCUT2D eigenvalue weighted by atomic mass is 35.5. The van der Waals surface area contributed by atoms with Crippen LogP contribution in [-0.4, -0.2) is 20.8 Å². The highest BCUT2D eigenvalue weighted by molar-refractivity contribution is 6.30. The summed E-state index contributed by atoms with van der Waals surface area (Å²) in [6, 6.07) is 14.4. The molecule has 31 heavy (non-hydrogen) atoms. The number of hydrogen-bond acceptors (Lipinski definition) is 4. The Morgan fingerprint density at radius 3 is 2.65 bits per heavy atom. The van der Waals surface area contributed by atoms with E-state index in [1.165, 1.54) is 10.9 Å². The zero-order chi connectivity index (χ0) is 22.1. The SMILES string of the molecule is Cc1cc(C)c2nc(-n3ncc(C#N)c3NC(=O)Nc3cccc(Cl)c3)cc(C)c2c1. The van der Waals surface area contributed by atoms with E-state index >= 15 is 0 Å². The maximum absolute atomic E-state index is 12.6. The maximum Gasteiger partial charge on any atom is 0.324 e. The first kappa shape index (κ1) is 20.4. The number of rotatable bonds is 3. The molecule has 0 aliphatic heterocycles. The van der Waals surface area contributed by atoms with Crippen LogP contribution in [0.3, 0.4) is 0 Å². The van der Waals surface area contributed by atoms with Gasteiger partial charge in [-0.05, 0) is 62.2 Å². The molecule has 2 amide bonds. The Labute approximate surface area is 184 Å². The van der Waals surface area contributed by atoms with Crippen molar-refractivity contribution in [3.8, 4) is 11.9 Å². The molecule has 0 saturated heterocycles. The van der Waals surface area contributed by atoms with Gasteiger partial charge in [-0.15, -0.1) is 0 Å². The number of fused-ring (bicyclic) bond motifs is 1. The highest BCUT2D eigenvalue weighted by Gasteiger charge is 2.17. The molecule has 2 N–H and O–H groups in total. The van der Waals surface area contributed by atoms with Crippen molar-refractivity contribution in [1.29, 1.82) is 5.26 Å². The summed E-state index contributed by atoms with van der Waals surface area (Å²) in [5.41, 5.74) is 4.83. The minimum atomic E-state index is -0.523. The van der Waals surface area contributed by atoms with Crippen LogP contribution in [0, 0.1) is 32.1 Å². The summed E-state index contributed by atoms with van der Waals surface area (Å²) in [6.07, 6.45) is 1.40. The second-order valence-corrected chi connectivity index (χ2v) is 7.73. The molecular formula is C23H19ClN6O. The number of carbonyl (C=O) groups is 1. The van der Waals surface area contributed by atoms with E-state index in [2.05, 4.69) is 33.9 Å². The van der Waals surface area contributed by atoms with Crippen molar-refractivity contribution in [1.82, 2.24) is 14.8 Å². The summed E-state index contributed by atoms with van der Waals surface area (Å²) in [7, 11) is 0. The molecule has 2 aromatic heterocycles. The van der Waals surface area contributed by atoms with Crippen molar-refractivity contribution >= 4 is 40.0 Å². The van der Waals surface area contributed by atoms with Gasteiger partial charge in [0.25, 0.3) is 0 Å². The largest absolute Gasteiger partial charge is 0.324 e. The fourth-order valence-corrected chi connectivity index (χ4v) is 3.69. The zero-order valence-electron chi connectivity index (χ0n) is 17.2. The molecule has 0 fully saturated rings. The number of amides is 2. The third kappa shape index (κ3) is 4.06. The van der Waals surface area contributed by atoms with Gasteiger partial charge in [-0.2, -0.15) is 15.0 Å². The summed E-state index contributed by atoms with van der Waals surface area (Å²) < 4.78 is 1.46. The summed E-state index contributed by atoms with van der Waals surface area (Å²) in [5.74, 6) is 0.745. The van der Waals surface area contributed by atoms with Crippen LogP contribution in [0.25, 0.3) is 16.7 Å². The Morgan fingerprint density at radius 1 is 1.10 bits per heavy atom. The normalized spacial score (nSPS) is 10.7. The highest BCUT2D eigenvalue weighted by Crippen LogP contribution is 2.26. The van der Waals surface area contributed by atoms with E-state index in [-0.39, 0.29) is 11.4 Å². The van der Waals surface area contributed by atoms with Gasteiger partial charge in [0.05, 0.1) is 11.7 Å². The molecule has 2 heterocycles. The minimum Gasteiger partial charge on any atom is -0.308 e. The van der Waals surface area contributed by atoms with Crippen LogP contribution in [0.1, 0.15) is 22.3 Å². The third-order valence-electron chi connectivity index (χ3n) is 4.86. The predicted octanol–water partition coefficient (Wildman–Crippen LogP) is 5.51. The van der Waals surface area contributed by atoms with Crippen molar-refractivity contribution in [3.63, 3.8) is 0 Å². The van der Waals surface area contributed by atoms with E-state index in [0.29, 0.717) is 16.5 Å². The van der Waals surface area contributed by atoms with Crippen molar-refractivity contribution in [2.24, 2.45) is 0 Å². The number of nitrogens with one attached hydrogen (secondary N) is 2. The molecule has 7 nitrogen and oxygen atoms in total. The van der Waals surface area contributed by atoms with Crippen molar-refractivity contribution in [3.05, 3.63) is 75.9 Å². The number of pyridine rings is 1. The minimum absolute atomic E-state index is 0.224. The second kappa shape index (κ2) is 8.09. The lowest BCUT2D eigenvalue weighted by molar-refractivity contribution is 0.262. The Hall–Kier alpha value is -3.89. The Bertz CT molecular complexity index is 1370. The van der Waals surface area contributed by atoms with E-state index in [1.54, 1.807) is 24.3 Å².